The van der Waals surface area contributed by atoms with Gasteiger partial charge in [0, 0.05) is 12.0 Å². The van der Waals surface area contributed by atoms with Crippen LogP contribution in [0.4, 0.5) is 0 Å². The zero-order valence-corrected chi connectivity index (χ0v) is 9.46. The van der Waals surface area contributed by atoms with E-state index in [4.69, 9.17) is 5.73 Å². The fourth-order valence-electron chi connectivity index (χ4n) is 1.18. The van der Waals surface area contributed by atoms with Crippen molar-refractivity contribution in [2.24, 2.45) is 11.1 Å². The molecule has 4 heteroatoms. The predicted molar refractivity (Wildman–Crippen MR) is 55.5 cm³/mol. The van der Waals surface area contributed by atoms with E-state index in [0.29, 0.717) is 6.54 Å². The summed E-state index contributed by atoms with van der Waals surface area (Å²) in [6.07, 6.45) is 0.828. The SMILES string of the molecule is CCCN(CC(N)=O)C(=O)C(C)(C)C. The van der Waals surface area contributed by atoms with Crippen LogP contribution in [0.1, 0.15) is 34.1 Å². The van der Waals surface area contributed by atoms with Crippen LogP contribution in [0.15, 0.2) is 0 Å². The third-order valence-electron chi connectivity index (χ3n) is 1.77. The quantitative estimate of drug-likeness (QED) is 0.728. The van der Waals surface area contributed by atoms with Gasteiger partial charge in [0.1, 0.15) is 0 Å². The summed E-state index contributed by atoms with van der Waals surface area (Å²) < 4.78 is 0. The molecule has 2 amide bonds. The van der Waals surface area contributed by atoms with E-state index in [1.165, 1.54) is 4.90 Å². The molecule has 0 radical (unpaired) electrons. The van der Waals surface area contributed by atoms with Crippen molar-refractivity contribution in [2.45, 2.75) is 34.1 Å². The number of nitrogens with zero attached hydrogens (tertiary/aromatic N) is 1. The third-order valence-corrected chi connectivity index (χ3v) is 1.77. The molecule has 0 fully saturated rings. The maximum atomic E-state index is 11.8. The standard InChI is InChI=1S/C10H20N2O2/c1-5-6-12(7-8(11)13)9(14)10(2,3)4/h5-7H2,1-4H3,(H2,11,13). The Labute approximate surface area is 85.4 Å². The highest BCUT2D eigenvalue weighted by Crippen LogP contribution is 2.17. The molecule has 14 heavy (non-hydrogen) atoms. The first-order valence-corrected chi connectivity index (χ1v) is 4.86. The van der Waals surface area contributed by atoms with Gasteiger partial charge in [-0.05, 0) is 6.42 Å². The molecule has 0 aromatic carbocycles. The van der Waals surface area contributed by atoms with Crippen LogP contribution in [0.2, 0.25) is 0 Å². The van der Waals surface area contributed by atoms with Crippen molar-refractivity contribution in [3.63, 3.8) is 0 Å². The molecule has 0 aromatic rings. The number of nitrogens with two attached hydrogens (primary N) is 1. The van der Waals surface area contributed by atoms with Crippen LogP contribution in [-0.2, 0) is 9.59 Å². The van der Waals surface area contributed by atoms with Gasteiger partial charge in [-0.1, -0.05) is 27.7 Å². The van der Waals surface area contributed by atoms with Crippen LogP contribution >= 0.6 is 0 Å². The van der Waals surface area contributed by atoms with Crippen molar-refractivity contribution in [3.05, 3.63) is 0 Å². The Hall–Kier alpha value is -1.06. The van der Waals surface area contributed by atoms with Gasteiger partial charge in [-0.3, -0.25) is 9.59 Å². The third kappa shape index (κ3) is 4.25. The number of hydrogen-bond acceptors (Lipinski definition) is 2. The van der Waals surface area contributed by atoms with Crippen LogP contribution in [0.5, 0.6) is 0 Å². The second-order valence-electron chi connectivity index (χ2n) is 4.44. The van der Waals surface area contributed by atoms with Gasteiger partial charge < -0.3 is 10.6 Å². The van der Waals surface area contributed by atoms with E-state index in [9.17, 15) is 9.59 Å². The summed E-state index contributed by atoms with van der Waals surface area (Å²) in [5, 5.41) is 0. The molecule has 0 rings (SSSR count). The summed E-state index contributed by atoms with van der Waals surface area (Å²) in [6.45, 7) is 8.06. The van der Waals surface area contributed by atoms with Crippen molar-refractivity contribution in [3.8, 4) is 0 Å². The fourth-order valence-corrected chi connectivity index (χ4v) is 1.18. The molecular weight excluding hydrogens is 180 g/mol. The van der Waals surface area contributed by atoms with Crippen molar-refractivity contribution in [2.75, 3.05) is 13.1 Å². The molecule has 0 aliphatic heterocycles. The van der Waals surface area contributed by atoms with E-state index in [-0.39, 0.29) is 12.5 Å². The van der Waals surface area contributed by atoms with Gasteiger partial charge in [-0.25, -0.2) is 0 Å². The maximum absolute atomic E-state index is 11.8. The molecule has 0 unspecified atom stereocenters. The van der Waals surface area contributed by atoms with Gasteiger partial charge >= 0.3 is 0 Å². The number of hydrogen-bond donors (Lipinski definition) is 1. The van der Waals surface area contributed by atoms with Gasteiger partial charge in [-0.2, -0.15) is 0 Å². The van der Waals surface area contributed by atoms with Gasteiger partial charge in [0.15, 0.2) is 0 Å². The van der Waals surface area contributed by atoms with Gasteiger partial charge in [0.25, 0.3) is 0 Å². The zero-order valence-electron chi connectivity index (χ0n) is 9.46. The monoisotopic (exact) mass is 200 g/mol. The Morgan fingerprint density at radius 2 is 1.79 bits per heavy atom. The highest BCUT2D eigenvalue weighted by Gasteiger charge is 2.27. The van der Waals surface area contributed by atoms with Crippen molar-refractivity contribution < 1.29 is 9.59 Å². The summed E-state index contributed by atoms with van der Waals surface area (Å²) in [4.78, 5) is 24.1. The van der Waals surface area contributed by atoms with E-state index >= 15 is 0 Å². The predicted octanol–water partition coefficient (Wildman–Crippen LogP) is 0.756. The summed E-state index contributed by atoms with van der Waals surface area (Å²) in [5.41, 5.74) is 4.62. The summed E-state index contributed by atoms with van der Waals surface area (Å²) >= 11 is 0. The van der Waals surface area contributed by atoms with Gasteiger partial charge in [0.05, 0.1) is 6.54 Å². The van der Waals surface area contributed by atoms with Crippen LogP contribution in [-0.4, -0.2) is 29.8 Å². The van der Waals surface area contributed by atoms with Crippen LogP contribution in [0, 0.1) is 5.41 Å². The first kappa shape index (κ1) is 12.9. The van der Waals surface area contributed by atoms with E-state index in [2.05, 4.69) is 0 Å². The average Bonchev–Trinajstić information content (AvgIpc) is 2.00. The molecule has 82 valence electrons. The van der Waals surface area contributed by atoms with Crippen LogP contribution in [0.25, 0.3) is 0 Å². The second-order valence-corrected chi connectivity index (χ2v) is 4.44. The molecule has 2 N–H and O–H groups in total. The van der Waals surface area contributed by atoms with Crippen molar-refractivity contribution in [1.82, 2.24) is 4.90 Å². The molecule has 0 spiro atoms. The van der Waals surface area contributed by atoms with Crippen molar-refractivity contribution >= 4 is 11.8 Å². The number of carbonyl (C=O) groups is 2. The largest absolute Gasteiger partial charge is 0.368 e. The zero-order chi connectivity index (χ0) is 11.4. The maximum Gasteiger partial charge on any atom is 0.237 e. The number of primary amides is 1. The topological polar surface area (TPSA) is 63.4 Å². The fraction of sp³-hybridized carbons (Fsp3) is 0.800. The summed E-state index contributed by atoms with van der Waals surface area (Å²) in [5.74, 6) is -0.491. The van der Waals surface area contributed by atoms with Crippen molar-refractivity contribution in [1.29, 1.82) is 0 Å². The highest BCUT2D eigenvalue weighted by atomic mass is 16.2. The molecule has 0 aromatic heterocycles. The number of amides is 2. The molecule has 0 atom stereocenters. The second kappa shape index (κ2) is 4.98. The molecule has 0 aliphatic rings. The van der Waals surface area contributed by atoms with Crippen LogP contribution in [0.3, 0.4) is 0 Å². The molecular formula is C10H20N2O2. The summed E-state index contributed by atoms with van der Waals surface area (Å²) in [6, 6.07) is 0. The number of rotatable bonds is 4. The van der Waals surface area contributed by atoms with Gasteiger partial charge in [0.2, 0.25) is 11.8 Å². The number of carbonyl (C=O) groups excluding carboxylic acids is 2. The average molecular weight is 200 g/mol. The lowest BCUT2D eigenvalue weighted by Crippen LogP contribution is -2.44. The Morgan fingerprint density at radius 1 is 1.29 bits per heavy atom. The highest BCUT2D eigenvalue weighted by molar-refractivity contribution is 5.86. The molecule has 0 saturated heterocycles. The Kier molecular flexibility index (Phi) is 4.60. The molecule has 0 bridgehead atoms. The van der Waals surface area contributed by atoms with E-state index in [1.54, 1.807) is 0 Å². The lowest BCUT2D eigenvalue weighted by Gasteiger charge is -2.28. The minimum atomic E-state index is -0.462. The smallest absolute Gasteiger partial charge is 0.237 e. The van der Waals surface area contributed by atoms with E-state index in [1.807, 2.05) is 27.7 Å². The van der Waals surface area contributed by atoms with E-state index < -0.39 is 11.3 Å². The lowest BCUT2D eigenvalue weighted by molar-refractivity contribution is -0.142. The Balaban J connectivity index is 4.49. The Bertz CT molecular complexity index is 219. The first-order chi connectivity index (χ1) is 6.29. The summed E-state index contributed by atoms with van der Waals surface area (Å²) in [7, 11) is 0. The minimum Gasteiger partial charge on any atom is -0.368 e. The molecule has 0 aliphatic carbocycles. The normalized spacial score (nSPS) is 11.1. The molecule has 0 saturated carbocycles. The van der Waals surface area contributed by atoms with Gasteiger partial charge in [-0.15, -0.1) is 0 Å². The lowest BCUT2D eigenvalue weighted by atomic mass is 9.94. The first-order valence-electron chi connectivity index (χ1n) is 4.86. The minimum absolute atomic E-state index is 0.0178. The van der Waals surface area contributed by atoms with Crippen LogP contribution < -0.4 is 5.73 Å². The van der Waals surface area contributed by atoms with E-state index in [0.717, 1.165) is 6.42 Å². The molecule has 0 heterocycles. The molecule has 4 nitrogen and oxygen atoms in total. The Morgan fingerprint density at radius 3 is 2.07 bits per heavy atom.